The number of nitrogens with zero attached hydrogens (tertiary/aromatic N) is 1. The van der Waals surface area contributed by atoms with Crippen LogP contribution in [-0.4, -0.2) is 17.6 Å². The van der Waals surface area contributed by atoms with Crippen molar-refractivity contribution in [2.24, 2.45) is 0 Å². The summed E-state index contributed by atoms with van der Waals surface area (Å²) < 4.78 is 0. The van der Waals surface area contributed by atoms with Gasteiger partial charge in [-0.1, -0.05) is 48.5 Å². The molecule has 0 aromatic heterocycles. The van der Waals surface area contributed by atoms with Crippen LogP contribution in [-0.2, 0) is 6.42 Å². The number of carbonyl (C=O) groups is 3. The maximum absolute atomic E-state index is 12.8. The number of benzene rings is 3. The summed E-state index contributed by atoms with van der Waals surface area (Å²) in [5.74, 6) is -0.892. The second-order valence-electron chi connectivity index (χ2n) is 6.59. The Morgan fingerprint density at radius 2 is 1.41 bits per heavy atom. The Balaban J connectivity index is 1.61. The molecule has 3 aromatic carbocycles. The Bertz CT molecular complexity index is 1050. The molecule has 27 heavy (non-hydrogen) atoms. The summed E-state index contributed by atoms with van der Waals surface area (Å²) in [6, 6.07) is 22.1. The van der Waals surface area contributed by atoms with E-state index in [1.165, 1.54) is 23.5 Å². The van der Waals surface area contributed by atoms with Crippen molar-refractivity contribution in [1.82, 2.24) is 0 Å². The van der Waals surface area contributed by atoms with Gasteiger partial charge in [-0.15, -0.1) is 0 Å². The molecule has 2 amide bonds. The molecule has 0 aliphatic carbocycles. The van der Waals surface area contributed by atoms with Gasteiger partial charge in [0.15, 0.2) is 5.78 Å². The van der Waals surface area contributed by atoms with Crippen LogP contribution in [0.25, 0.3) is 0 Å². The summed E-state index contributed by atoms with van der Waals surface area (Å²) in [6.07, 6.45) is 0.783. The first-order valence-corrected chi connectivity index (χ1v) is 8.71. The first-order valence-electron chi connectivity index (χ1n) is 8.71. The molecule has 0 saturated heterocycles. The van der Waals surface area contributed by atoms with E-state index < -0.39 is 5.91 Å². The van der Waals surface area contributed by atoms with Crippen molar-refractivity contribution < 1.29 is 14.4 Å². The van der Waals surface area contributed by atoms with Crippen LogP contribution in [0.3, 0.4) is 0 Å². The van der Waals surface area contributed by atoms with Crippen molar-refractivity contribution >= 4 is 23.3 Å². The molecule has 0 atom stereocenters. The van der Waals surface area contributed by atoms with Gasteiger partial charge in [0.1, 0.15) is 0 Å². The number of anilines is 1. The van der Waals surface area contributed by atoms with Crippen LogP contribution in [0.2, 0.25) is 0 Å². The molecule has 4 heteroatoms. The van der Waals surface area contributed by atoms with Gasteiger partial charge in [-0.05, 0) is 48.7 Å². The fraction of sp³-hybridized carbons (Fsp3) is 0.0870. The van der Waals surface area contributed by atoms with Crippen LogP contribution in [0.4, 0.5) is 5.69 Å². The summed E-state index contributed by atoms with van der Waals surface area (Å²) in [4.78, 5) is 38.2. The van der Waals surface area contributed by atoms with Crippen LogP contribution in [0, 0.1) is 0 Å². The average molecular weight is 355 g/mol. The Morgan fingerprint density at radius 1 is 0.778 bits per heavy atom. The van der Waals surface area contributed by atoms with E-state index in [1.54, 1.807) is 24.3 Å². The van der Waals surface area contributed by atoms with E-state index in [4.69, 9.17) is 0 Å². The molecular formula is C23H17NO3. The van der Waals surface area contributed by atoms with Gasteiger partial charge < -0.3 is 0 Å². The van der Waals surface area contributed by atoms with E-state index >= 15 is 0 Å². The number of carbonyl (C=O) groups excluding carboxylic acids is 3. The molecule has 0 N–H and O–H groups in total. The molecule has 0 spiro atoms. The minimum atomic E-state index is -0.395. The highest BCUT2D eigenvalue weighted by Crippen LogP contribution is 2.29. The molecule has 0 unspecified atom stereocenters. The van der Waals surface area contributed by atoms with E-state index in [-0.39, 0.29) is 17.3 Å². The van der Waals surface area contributed by atoms with Crippen LogP contribution in [0.5, 0.6) is 0 Å². The van der Waals surface area contributed by atoms with Crippen molar-refractivity contribution in [2.75, 3.05) is 4.90 Å². The zero-order valence-electron chi connectivity index (χ0n) is 14.8. The fourth-order valence-electron chi connectivity index (χ4n) is 3.29. The third-order valence-corrected chi connectivity index (χ3v) is 4.74. The second kappa shape index (κ2) is 6.65. The molecule has 1 aliphatic heterocycles. The summed E-state index contributed by atoms with van der Waals surface area (Å²) >= 11 is 0. The Morgan fingerprint density at radius 3 is 2.07 bits per heavy atom. The van der Waals surface area contributed by atoms with Crippen LogP contribution in [0.1, 0.15) is 49.1 Å². The molecule has 4 rings (SSSR count). The smallest absolute Gasteiger partial charge is 0.266 e. The molecule has 0 radical (unpaired) electrons. The predicted molar refractivity (Wildman–Crippen MR) is 103 cm³/mol. The Labute approximate surface area is 157 Å². The van der Waals surface area contributed by atoms with Gasteiger partial charge in [-0.2, -0.15) is 0 Å². The lowest BCUT2D eigenvalue weighted by Crippen LogP contribution is -2.29. The van der Waals surface area contributed by atoms with E-state index in [2.05, 4.69) is 12.1 Å². The van der Waals surface area contributed by atoms with E-state index in [1.807, 2.05) is 30.3 Å². The number of hydrogen-bond acceptors (Lipinski definition) is 3. The number of fused-ring (bicyclic) bond motifs is 1. The van der Waals surface area contributed by atoms with Crippen LogP contribution >= 0.6 is 0 Å². The minimum absolute atomic E-state index is 0.137. The first-order chi connectivity index (χ1) is 13.0. The maximum atomic E-state index is 12.8. The zero-order chi connectivity index (χ0) is 19.0. The highest BCUT2D eigenvalue weighted by atomic mass is 16.2. The zero-order valence-corrected chi connectivity index (χ0v) is 14.8. The standard InChI is InChI=1S/C23H17NO3/c1-15(25)18-9-12-20-21(14-18)23(27)24(22(20)26)19-10-7-17(8-11-19)13-16-5-3-2-4-6-16/h2-12,14H,13H2,1H3. The monoisotopic (exact) mass is 355 g/mol. The molecule has 4 nitrogen and oxygen atoms in total. The highest BCUT2D eigenvalue weighted by molar-refractivity contribution is 6.34. The summed E-state index contributed by atoms with van der Waals surface area (Å²) in [6.45, 7) is 1.44. The normalized spacial score (nSPS) is 13.0. The molecule has 0 fully saturated rings. The van der Waals surface area contributed by atoms with Crippen molar-refractivity contribution in [3.05, 3.63) is 101 Å². The third-order valence-electron chi connectivity index (χ3n) is 4.74. The van der Waals surface area contributed by atoms with E-state index in [0.29, 0.717) is 16.8 Å². The molecular weight excluding hydrogens is 338 g/mol. The van der Waals surface area contributed by atoms with Crippen molar-refractivity contribution in [1.29, 1.82) is 0 Å². The number of rotatable bonds is 4. The molecule has 132 valence electrons. The highest BCUT2D eigenvalue weighted by Gasteiger charge is 2.36. The number of amides is 2. The summed E-state index contributed by atoms with van der Waals surface area (Å²) in [5, 5.41) is 0. The summed E-state index contributed by atoms with van der Waals surface area (Å²) in [7, 11) is 0. The number of Topliss-reactive ketones (excluding diaryl/α,β-unsaturated/α-hetero) is 1. The lowest BCUT2D eigenvalue weighted by molar-refractivity contribution is 0.0925. The van der Waals surface area contributed by atoms with Gasteiger partial charge in [-0.25, -0.2) is 4.90 Å². The van der Waals surface area contributed by atoms with Crippen LogP contribution in [0.15, 0.2) is 72.8 Å². The van der Waals surface area contributed by atoms with E-state index in [0.717, 1.165) is 12.0 Å². The molecule has 3 aromatic rings. The van der Waals surface area contributed by atoms with Gasteiger partial charge in [0.05, 0.1) is 16.8 Å². The first kappa shape index (κ1) is 16.9. The van der Waals surface area contributed by atoms with Crippen molar-refractivity contribution in [3.8, 4) is 0 Å². The lowest BCUT2D eigenvalue weighted by Gasteiger charge is -2.14. The summed E-state index contributed by atoms with van der Waals surface area (Å²) in [5.41, 5.74) is 3.86. The SMILES string of the molecule is CC(=O)c1ccc2c(c1)C(=O)N(c1ccc(Cc3ccccc3)cc1)C2=O. The van der Waals surface area contributed by atoms with E-state index in [9.17, 15) is 14.4 Å². The minimum Gasteiger partial charge on any atom is -0.295 e. The van der Waals surface area contributed by atoms with Gasteiger partial charge in [0.25, 0.3) is 11.8 Å². The number of ketones is 1. The van der Waals surface area contributed by atoms with Gasteiger partial charge in [0, 0.05) is 5.56 Å². The van der Waals surface area contributed by atoms with Crippen molar-refractivity contribution in [2.45, 2.75) is 13.3 Å². The number of hydrogen-bond donors (Lipinski definition) is 0. The topological polar surface area (TPSA) is 54.5 Å². The average Bonchev–Trinajstić information content (AvgIpc) is 2.93. The molecule has 1 heterocycles. The second-order valence-corrected chi connectivity index (χ2v) is 6.59. The van der Waals surface area contributed by atoms with Crippen molar-refractivity contribution in [3.63, 3.8) is 0 Å². The molecule has 0 saturated carbocycles. The lowest BCUT2D eigenvalue weighted by atomic mass is 10.0. The third kappa shape index (κ3) is 3.06. The quantitative estimate of drug-likeness (QED) is 0.518. The Hall–Kier alpha value is -3.53. The Kier molecular flexibility index (Phi) is 4.16. The number of imide groups is 1. The molecule has 0 bridgehead atoms. The van der Waals surface area contributed by atoms with Gasteiger partial charge in [-0.3, -0.25) is 14.4 Å². The van der Waals surface area contributed by atoms with Gasteiger partial charge in [0.2, 0.25) is 0 Å². The predicted octanol–water partition coefficient (Wildman–Crippen LogP) is 4.28. The van der Waals surface area contributed by atoms with Crippen LogP contribution < -0.4 is 4.90 Å². The molecule has 1 aliphatic rings. The fourth-order valence-corrected chi connectivity index (χ4v) is 3.29. The maximum Gasteiger partial charge on any atom is 0.266 e. The van der Waals surface area contributed by atoms with Gasteiger partial charge >= 0.3 is 0 Å². The largest absolute Gasteiger partial charge is 0.295 e.